The van der Waals surface area contributed by atoms with E-state index in [-0.39, 0.29) is 23.5 Å². The van der Waals surface area contributed by atoms with Gasteiger partial charge in [0.1, 0.15) is 5.82 Å². The van der Waals surface area contributed by atoms with Gasteiger partial charge in [-0.25, -0.2) is 18.2 Å². The zero-order valence-corrected chi connectivity index (χ0v) is 13.7. The smallest absolute Gasteiger partial charge is 0.317 e. The van der Waals surface area contributed by atoms with Crippen LogP contribution in [0.25, 0.3) is 0 Å². The molecule has 1 aromatic rings. The lowest BCUT2D eigenvalue weighted by Gasteiger charge is -2.35. The Morgan fingerprint density at radius 2 is 2.04 bits per heavy atom. The summed E-state index contributed by atoms with van der Waals surface area (Å²) >= 11 is 0. The number of sulfone groups is 1. The molecule has 2 saturated heterocycles. The lowest BCUT2D eigenvalue weighted by molar-refractivity contribution is 0.193. The molecule has 2 amide bonds. The number of rotatable bonds is 3. The molecule has 8 nitrogen and oxygen atoms in total. The van der Waals surface area contributed by atoms with E-state index in [4.69, 9.17) is 0 Å². The zero-order chi connectivity index (χ0) is 16.3. The van der Waals surface area contributed by atoms with Crippen LogP contribution in [-0.2, 0) is 9.84 Å². The van der Waals surface area contributed by atoms with Gasteiger partial charge in [0.25, 0.3) is 0 Å². The first-order valence-corrected chi connectivity index (χ1v) is 9.60. The van der Waals surface area contributed by atoms with Crippen molar-refractivity contribution in [3.05, 3.63) is 18.6 Å². The monoisotopic (exact) mass is 339 g/mol. The zero-order valence-electron chi connectivity index (χ0n) is 12.9. The highest BCUT2D eigenvalue weighted by Gasteiger charge is 2.29. The molecular formula is C14H21N5O3S. The maximum absolute atomic E-state index is 12.2. The van der Waals surface area contributed by atoms with E-state index < -0.39 is 9.84 Å². The van der Waals surface area contributed by atoms with Crippen LogP contribution in [0, 0.1) is 5.92 Å². The second-order valence-corrected chi connectivity index (χ2v) is 8.22. The number of hydrogen-bond donors (Lipinski definition) is 1. The topological polar surface area (TPSA) is 95.5 Å². The number of anilines is 1. The van der Waals surface area contributed by atoms with E-state index >= 15 is 0 Å². The van der Waals surface area contributed by atoms with Crippen molar-refractivity contribution in [3.8, 4) is 0 Å². The summed E-state index contributed by atoms with van der Waals surface area (Å²) < 4.78 is 22.8. The van der Waals surface area contributed by atoms with Gasteiger partial charge in [-0.3, -0.25) is 4.98 Å². The van der Waals surface area contributed by atoms with E-state index in [0.717, 1.165) is 5.82 Å². The number of carbonyl (C=O) groups is 1. The van der Waals surface area contributed by atoms with Crippen molar-refractivity contribution in [2.75, 3.05) is 49.1 Å². The number of nitrogens with one attached hydrogen (secondary N) is 1. The number of amides is 2. The molecular weight excluding hydrogens is 318 g/mol. The van der Waals surface area contributed by atoms with Gasteiger partial charge >= 0.3 is 6.03 Å². The molecule has 1 N–H and O–H groups in total. The standard InChI is InChI=1S/C14H21N5O3S/c20-14(17-9-12-1-8-23(21,22)11-12)19-6-4-18(5-7-19)13-10-15-2-3-16-13/h2-3,10,12H,1,4-9,11H2,(H,17,20)/t12-/m1/s1. The molecule has 2 fully saturated rings. The number of urea groups is 1. The molecule has 0 aromatic carbocycles. The molecule has 0 radical (unpaired) electrons. The first-order valence-electron chi connectivity index (χ1n) is 7.78. The maximum Gasteiger partial charge on any atom is 0.317 e. The Morgan fingerprint density at radius 3 is 2.65 bits per heavy atom. The van der Waals surface area contributed by atoms with Crippen LogP contribution >= 0.6 is 0 Å². The van der Waals surface area contributed by atoms with Crippen LogP contribution < -0.4 is 10.2 Å². The van der Waals surface area contributed by atoms with Crippen LogP contribution in [0.2, 0.25) is 0 Å². The molecule has 2 aliphatic rings. The van der Waals surface area contributed by atoms with Crippen LogP contribution in [0.4, 0.5) is 10.6 Å². The van der Waals surface area contributed by atoms with Crippen molar-refractivity contribution < 1.29 is 13.2 Å². The van der Waals surface area contributed by atoms with Gasteiger partial charge in [-0.05, 0) is 12.3 Å². The van der Waals surface area contributed by atoms with Crippen LogP contribution in [0.1, 0.15) is 6.42 Å². The number of hydrogen-bond acceptors (Lipinski definition) is 6. The Morgan fingerprint density at radius 1 is 1.26 bits per heavy atom. The average Bonchev–Trinajstić information content (AvgIpc) is 2.93. The summed E-state index contributed by atoms with van der Waals surface area (Å²) in [5, 5.41) is 2.86. The minimum Gasteiger partial charge on any atom is -0.352 e. The second kappa shape index (κ2) is 6.69. The van der Waals surface area contributed by atoms with Crippen molar-refractivity contribution in [1.29, 1.82) is 0 Å². The summed E-state index contributed by atoms with van der Waals surface area (Å²) in [6.45, 7) is 3.09. The molecule has 3 heterocycles. The lowest BCUT2D eigenvalue weighted by Crippen LogP contribution is -2.52. The number of aromatic nitrogens is 2. The Bertz CT molecular complexity index is 644. The molecule has 0 unspecified atom stereocenters. The molecule has 0 aliphatic carbocycles. The predicted molar refractivity (Wildman–Crippen MR) is 86.0 cm³/mol. The van der Waals surface area contributed by atoms with E-state index in [1.807, 2.05) is 0 Å². The normalized spacial score (nSPS) is 23.7. The molecule has 9 heteroatoms. The molecule has 126 valence electrons. The van der Waals surface area contributed by atoms with Gasteiger partial charge in [0, 0.05) is 45.1 Å². The van der Waals surface area contributed by atoms with Crippen molar-refractivity contribution in [2.45, 2.75) is 6.42 Å². The van der Waals surface area contributed by atoms with Gasteiger partial charge in [-0.2, -0.15) is 0 Å². The van der Waals surface area contributed by atoms with E-state index in [9.17, 15) is 13.2 Å². The number of piperazine rings is 1. The molecule has 2 aliphatic heterocycles. The molecule has 0 saturated carbocycles. The summed E-state index contributed by atoms with van der Waals surface area (Å²) in [7, 11) is -2.89. The Labute approximate surface area is 135 Å². The third-order valence-electron chi connectivity index (χ3n) is 4.31. The first-order chi connectivity index (χ1) is 11.0. The van der Waals surface area contributed by atoms with E-state index in [1.54, 1.807) is 23.5 Å². The van der Waals surface area contributed by atoms with Crippen molar-refractivity contribution >= 4 is 21.7 Å². The van der Waals surface area contributed by atoms with Crippen LogP contribution in [0.3, 0.4) is 0 Å². The van der Waals surface area contributed by atoms with Crippen molar-refractivity contribution in [2.24, 2.45) is 5.92 Å². The predicted octanol–water partition coefficient (Wildman–Crippen LogP) is -0.257. The molecule has 0 bridgehead atoms. The van der Waals surface area contributed by atoms with E-state index in [2.05, 4.69) is 20.2 Å². The van der Waals surface area contributed by atoms with Gasteiger partial charge in [-0.1, -0.05) is 0 Å². The van der Waals surface area contributed by atoms with Gasteiger partial charge in [-0.15, -0.1) is 0 Å². The van der Waals surface area contributed by atoms with Crippen molar-refractivity contribution in [3.63, 3.8) is 0 Å². The summed E-state index contributed by atoms with van der Waals surface area (Å²) in [5.74, 6) is 1.30. The van der Waals surface area contributed by atoms with Gasteiger partial charge in [0.05, 0.1) is 17.7 Å². The Hall–Kier alpha value is -1.90. The molecule has 3 rings (SSSR count). The average molecular weight is 339 g/mol. The Kier molecular flexibility index (Phi) is 4.65. The fourth-order valence-corrected chi connectivity index (χ4v) is 4.83. The number of carbonyl (C=O) groups excluding carboxylic acids is 1. The minimum atomic E-state index is -2.89. The van der Waals surface area contributed by atoms with E-state index in [1.165, 1.54) is 0 Å². The fraction of sp³-hybridized carbons (Fsp3) is 0.643. The molecule has 1 aromatic heterocycles. The quantitative estimate of drug-likeness (QED) is 0.815. The summed E-state index contributed by atoms with van der Waals surface area (Å²) in [4.78, 5) is 24.4. The summed E-state index contributed by atoms with van der Waals surface area (Å²) in [6.07, 6.45) is 5.65. The molecule has 23 heavy (non-hydrogen) atoms. The number of nitrogens with zero attached hydrogens (tertiary/aromatic N) is 4. The third kappa shape index (κ3) is 4.10. The van der Waals surface area contributed by atoms with E-state index in [0.29, 0.717) is 39.1 Å². The van der Waals surface area contributed by atoms with Gasteiger partial charge in [0.15, 0.2) is 9.84 Å². The third-order valence-corrected chi connectivity index (χ3v) is 6.15. The highest BCUT2D eigenvalue weighted by molar-refractivity contribution is 7.91. The van der Waals surface area contributed by atoms with Crippen LogP contribution in [0.15, 0.2) is 18.6 Å². The van der Waals surface area contributed by atoms with Crippen molar-refractivity contribution in [1.82, 2.24) is 20.2 Å². The molecule has 0 spiro atoms. The maximum atomic E-state index is 12.2. The highest BCUT2D eigenvalue weighted by Crippen LogP contribution is 2.17. The first kappa shape index (κ1) is 16.0. The SMILES string of the molecule is O=C(NC[C@H]1CCS(=O)(=O)C1)N1CCN(c2cnccn2)CC1. The Balaban J connectivity index is 1.43. The largest absolute Gasteiger partial charge is 0.352 e. The minimum absolute atomic E-state index is 0.0461. The summed E-state index contributed by atoms with van der Waals surface area (Å²) in [6, 6.07) is -0.118. The van der Waals surface area contributed by atoms with Crippen LogP contribution in [-0.4, -0.2) is 73.5 Å². The summed E-state index contributed by atoms with van der Waals surface area (Å²) in [5.41, 5.74) is 0. The second-order valence-electron chi connectivity index (χ2n) is 5.99. The van der Waals surface area contributed by atoms with Gasteiger partial charge in [0.2, 0.25) is 0 Å². The van der Waals surface area contributed by atoms with Gasteiger partial charge < -0.3 is 15.1 Å². The fourth-order valence-electron chi connectivity index (χ4n) is 2.97. The highest BCUT2D eigenvalue weighted by atomic mass is 32.2. The lowest BCUT2D eigenvalue weighted by atomic mass is 10.1. The van der Waals surface area contributed by atoms with Crippen LogP contribution in [0.5, 0.6) is 0 Å². The molecule has 1 atom stereocenters.